The first kappa shape index (κ1) is 10.9. The van der Waals surface area contributed by atoms with E-state index in [0.717, 1.165) is 12.5 Å². The average molecular weight is 227 g/mol. The second-order valence-electron chi connectivity index (χ2n) is 3.76. The van der Waals surface area contributed by atoms with Gasteiger partial charge in [0.15, 0.2) is 11.6 Å². The molecule has 1 N–H and O–H groups in total. The van der Waals surface area contributed by atoms with Gasteiger partial charge >= 0.3 is 6.09 Å². The van der Waals surface area contributed by atoms with Gasteiger partial charge in [-0.3, -0.25) is 0 Å². The minimum atomic E-state index is -0.860. The molecule has 86 valence electrons. The number of benzene rings is 1. The number of nitrogens with one attached hydrogen (secondary N) is 1. The third-order valence-electron chi connectivity index (χ3n) is 2.65. The number of amides is 1. The highest BCUT2D eigenvalue weighted by molar-refractivity contribution is 5.68. The molecule has 0 saturated heterocycles. The molecule has 1 saturated carbocycles. The van der Waals surface area contributed by atoms with Crippen LogP contribution in [0.2, 0.25) is 0 Å². The normalized spacial score (nSPS) is 22.7. The standard InChI is InChI=1S/C11H11F2NO2/c1-16-11(15)14-10-5-7(10)6-2-3-8(12)9(13)4-6/h2-4,7,10H,5H2,1H3,(H,14,15)/t7-,10-/m1/s1. The van der Waals surface area contributed by atoms with Crippen molar-refractivity contribution in [1.29, 1.82) is 0 Å². The van der Waals surface area contributed by atoms with Crippen LogP contribution in [0.3, 0.4) is 0 Å². The molecular formula is C11H11F2NO2. The van der Waals surface area contributed by atoms with E-state index in [-0.39, 0.29) is 12.0 Å². The van der Waals surface area contributed by atoms with Crippen molar-refractivity contribution in [3.63, 3.8) is 0 Å². The predicted octanol–water partition coefficient (Wildman–Crippen LogP) is 2.18. The van der Waals surface area contributed by atoms with Gasteiger partial charge in [0, 0.05) is 12.0 Å². The monoisotopic (exact) mass is 227 g/mol. The molecule has 1 aromatic carbocycles. The molecule has 0 radical (unpaired) electrons. The van der Waals surface area contributed by atoms with Crippen LogP contribution >= 0.6 is 0 Å². The number of halogens is 2. The lowest BCUT2D eigenvalue weighted by atomic mass is 10.1. The summed E-state index contributed by atoms with van der Waals surface area (Å²) in [7, 11) is 1.28. The summed E-state index contributed by atoms with van der Waals surface area (Å²) in [5, 5.41) is 2.61. The second kappa shape index (κ2) is 4.08. The Labute approximate surface area is 91.4 Å². The Bertz CT molecular complexity index is 422. The number of methoxy groups -OCH3 is 1. The Balaban J connectivity index is 2.00. The topological polar surface area (TPSA) is 38.3 Å². The zero-order chi connectivity index (χ0) is 11.7. The quantitative estimate of drug-likeness (QED) is 0.840. The van der Waals surface area contributed by atoms with E-state index < -0.39 is 17.7 Å². The molecule has 1 amide bonds. The Kier molecular flexibility index (Phi) is 2.77. The van der Waals surface area contributed by atoms with Crippen molar-refractivity contribution in [2.45, 2.75) is 18.4 Å². The van der Waals surface area contributed by atoms with Crippen LogP contribution in [0, 0.1) is 11.6 Å². The molecule has 5 heteroatoms. The lowest BCUT2D eigenvalue weighted by Gasteiger charge is -2.03. The molecule has 1 aromatic rings. The van der Waals surface area contributed by atoms with Gasteiger partial charge in [-0.1, -0.05) is 6.07 Å². The van der Waals surface area contributed by atoms with Crippen LogP contribution in [0.1, 0.15) is 17.9 Å². The zero-order valence-corrected chi connectivity index (χ0v) is 8.67. The van der Waals surface area contributed by atoms with E-state index in [2.05, 4.69) is 10.1 Å². The predicted molar refractivity (Wildman–Crippen MR) is 53.0 cm³/mol. The molecule has 0 heterocycles. The second-order valence-corrected chi connectivity index (χ2v) is 3.76. The van der Waals surface area contributed by atoms with Crippen molar-refractivity contribution in [2.75, 3.05) is 7.11 Å². The first-order chi connectivity index (χ1) is 7.61. The minimum absolute atomic E-state index is 0.0442. The van der Waals surface area contributed by atoms with Gasteiger partial charge in [0.2, 0.25) is 0 Å². The van der Waals surface area contributed by atoms with Gasteiger partial charge < -0.3 is 10.1 Å². The largest absolute Gasteiger partial charge is 0.453 e. The fraction of sp³-hybridized carbons (Fsp3) is 0.364. The van der Waals surface area contributed by atoms with Crippen LogP contribution < -0.4 is 5.32 Å². The van der Waals surface area contributed by atoms with Gasteiger partial charge in [0.1, 0.15) is 0 Å². The van der Waals surface area contributed by atoms with Crippen LogP contribution in [-0.2, 0) is 4.74 Å². The highest BCUT2D eigenvalue weighted by atomic mass is 19.2. The highest BCUT2D eigenvalue weighted by Crippen LogP contribution is 2.41. The highest BCUT2D eigenvalue weighted by Gasteiger charge is 2.40. The lowest BCUT2D eigenvalue weighted by Crippen LogP contribution is -2.26. The fourth-order valence-electron chi connectivity index (χ4n) is 1.68. The maximum atomic E-state index is 12.9. The van der Waals surface area contributed by atoms with E-state index in [0.29, 0.717) is 5.56 Å². The van der Waals surface area contributed by atoms with Crippen LogP contribution in [0.5, 0.6) is 0 Å². The van der Waals surface area contributed by atoms with Crippen LogP contribution in [0.25, 0.3) is 0 Å². The molecule has 0 aromatic heterocycles. The van der Waals surface area contributed by atoms with Gasteiger partial charge in [0.05, 0.1) is 7.11 Å². The summed E-state index contributed by atoms with van der Waals surface area (Å²) in [5.74, 6) is -1.67. The molecule has 1 aliphatic carbocycles. The first-order valence-electron chi connectivity index (χ1n) is 4.91. The van der Waals surface area contributed by atoms with E-state index in [1.807, 2.05) is 0 Å². The number of rotatable bonds is 2. The summed E-state index contributed by atoms with van der Waals surface area (Å²) in [4.78, 5) is 10.9. The summed E-state index contributed by atoms with van der Waals surface area (Å²) < 4.78 is 30.1. The van der Waals surface area contributed by atoms with E-state index in [4.69, 9.17) is 0 Å². The summed E-state index contributed by atoms with van der Waals surface area (Å²) in [5.41, 5.74) is 0.695. The first-order valence-corrected chi connectivity index (χ1v) is 4.91. The number of hydrogen-bond donors (Lipinski definition) is 1. The van der Waals surface area contributed by atoms with Crippen molar-refractivity contribution < 1.29 is 18.3 Å². The lowest BCUT2D eigenvalue weighted by molar-refractivity contribution is 0.170. The Hall–Kier alpha value is -1.65. The van der Waals surface area contributed by atoms with E-state index in [9.17, 15) is 13.6 Å². The number of carbonyl (C=O) groups excluding carboxylic acids is 1. The minimum Gasteiger partial charge on any atom is -0.453 e. The van der Waals surface area contributed by atoms with Gasteiger partial charge in [-0.05, 0) is 24.1 Å². The molecule has 0 unspecified atom stereocenters. The third kappa shape index (κ3) is 2.13. The summed E-state index contributed by atoms with van der Waals surface area (Å²) in [6.07, 6.45) is 0.218. The third-order valence-corrected chi connectivity index (χ3v) is 2.65. The molecule has 1 aliphatic rings. The number of ether oxygens (including phenoxy) is 1. The van der Waals surface area contributed by atoms with Crippen molar-refractivity contribution in [3.05, 3.63) is 35.4 Å². The molecule has 1 fully saturated rings. The smallest absolute Gasteiger partial charge is 0.407 e. The number of alkyl carbamates (subject to hydrolysis) is 1. The molecule has 0 bridgehead atoms. The van der Waals surface area contributed by atoms with Crippen molar-refractivity contribution in [1.82, 2.24) is 5.32 Å². The van der Waals surface area contributed by atoms with Crippen LogP contribution in [0.4, 0.5) is 13.6 Å². The molecule has 16 heavy (non-hydrogen) atoms. The number of hydrogen-bond acceptors (Lipinski definition) is 2. The fourth-order valence-corrected chi connectivity index (χ4v) is 1.68. The maximum Gasteiger partial charge on any atom is 0.407 e. The van der Waals surface area contributed by atoms with Gasteiger partial charge in [-0.2, -0.15) is 0 Å². The van der Waals surface area contributed by atoms with E-state index >= 15 is 0 Å². The molecular weight excluding hydrogens is 216 g/mol. The Morgan fingerprint density at radius 2 is 2.19 bits per heavy atom. The Morgan fingerprint density at radius 1 is 1.44 bits per heavy atom. The SMILES string of the molecule is COC(=O)N[C@@H]1C[C@@H]1c1ccc(F)c(F)c1. The van der Waals surface area contributed by atoms with Crippen LogP contribution in [-0.4, -0.2) is 19.2 Å². The molecule has 0 aliphatic heterocycles. The van der Waals surface area contributed by atoms with Gasteiger partial charge in [0.25, 0.3) is 0 Å². The molecule has 3 nitrogen and oxygen atoms in total. The number of carbonyl (C=O) groups is 1. The summed E-state index contributed by atoms with van der Waals surface area (Å²) in [6, 6.07) is 3.75. The van der Waals surface area contributed by atoms with Crippen molar-refractivity contribution in [3.8, 4) is 0 Å². The zero-order valence-electron chi connectivity index (χ0n) is 8.67. The summed E-state index contributed by atoms with van der Waals surface area (Å²) in [6.45, 7) is 0. The van der Waals surface area contributed by atoms with Crippen molar-refractivity contribution >= 4 is 6.09 Å². The maximum absolute atomic E-state index is 12.9. The van der Waals surface area contributed by atoms with Gasteiger partial charge in [-0.15, -0.1) is 0 Å². The molecule has 2 atom stereocenters. The summed E-state index contributed by atoms with van der Waals surface area (Å²) >= 11 is 0. The average Bonchev–Trinajstić information content (AvgIpc) is 3.01. The van der Waals surface area contributed by atoms with E-state index in [1.54, 1.807) is 0 Å². The van der Waals surface area contributed by atoms with Gasteiger partial charge in [-0.25, -0.2) is 13.6 Å². The molecule has 2 rings (SSSR count). The van der Waals surface area contributed by atoms with Crippen molar-refractivity contribution in [2.24, 2.45) is 0 Å². The Morgan fingerprint density at radius 3 is 2.81 bits per heavy atom. The molecule has 0 spiro atoms. The van der Waals surface area contributed by atoms with Crippen LogP contribution in [0.15, 0.2) is 18.2 Å². The van der Waals surface area contributed by atoms with E-state index in [1.165, 1.54) is 19.2 Å².